The van der Waals surface area contributed by atoms with Gasteiger partial charge in [-0.05, 0) is 32.7 Å². The minimum Gasteiger partial charge on any atom is -0.300 e. The monoisotopic (exact) mass is 141 g/mol. The average Bonchev–Trinajstić information content (AvgIpc) is 2.07. The molecule has 1 fully saturated rings. The molecule has 0 amide bonds. The number of hydrogen-bond donors (Lipinski definition) is 0. The van der Waals surface area contributed by atoms with E-state index in [0.717, 1.165) is 23.9 Å². The molecule has 0 aromatic carbocycles. The van der Waals surface area contributed by atoms with Crippen LogP contribution >= 0.6 is 0 Å². The maximum atomic E-state index is 2.48. The first-order valence-corrected chi connectivity index (χ1v) is 4.27. The van der Waals surface area contributed by atoms with Crippen LogP contribution in [0.3, 0.4) is 0 Å². The van der Waals surface area contributed by atoms with Gasteiger partial charge in [-0.25, -0.2) is 0 Å². The van der Waals surface area contributed by atoms with E-state index in [1.165, 1.54) is 0 Å². The van der Waals surface area contributed by atoms with E-state index in [1.807, 2.05) is 0 Å². The van der Waals surface area contributed by atoms with Gasteiger partial charge < -0.3 is 4.90 Å². The number of nitrogens with zero attached hydrogens (tertiary/aromatic N) is 1. The van der Waals surface area contributed by atoms with Crippen molar-refractivity contribution in [2.45, 2.75) is 39.8 Å². The molecule has 0 aromatic heterocycles. The van der Waals surface area contributed by atoms with Crippen LogP contribution < -0.4 is 0 Å². The highest BCUT2D eigenvalue weighted by Gasteiger charge is 2.36. The third-order valence-corrected chi connectivity index (χ3v) is 3.64. The van der Waals surface area contributed by atoms with Crippen LogP contribution in [0.5, 0.6) is 0 Å². The van der Waals surface area contributed by atoms with Gasteiger partial charge in [-0.15, -0.1) is 0 Å². The lowest BCUT2D eigenvalue weighted by Gasteiger charge is -2.20. The zero-order valence-electron chi connectivity index (χ0n) is 7.76. The predicted octanol–water partition coefficient (Wildman–Crippen LogP) is 1.98. The molecule has 0 N–H and O–H groups in total. The molecule has 10 heavy (non-hydrogen) atoms. The highest BCUT2D eigenvalue weighted by molar-refractivity contribution is 4.89. The molecule has 1 rings (SSSR count). The standard InChI is InChI=1S/C9H19N/c1-6-7(2)9(4)10(5)8(6)3/h6-9H,1-5H3/t6-,7?,8-,9+/m0/s1. The summed E-state index contributed by atoms with van der Waals surface area (Å²) in [6.07, 6.45) is 0. The smallest absolute Gasteiger partial charge is 0.00955 e. The van der Waals surface area contributed by atoms with Crippen molar-refractivity contribution in [2.75, 3.05) is 7.05 Å². The summed E-state index contributed by atoms with van der Waals surface area (Å²) < 4.78 is 0. The Morgan fingerprint density at radius 1 is 0.800 bits per heavy atom. The van der Waals surface area contributed by atoms with Crippen molar-refractivity contribution >= 4 is 0 Å². The molecular weight excluding hydrogens is 122 g/mol. The Hall–Kier alpha value is -0.0400. The van der Waals surface area contributed by atoms with Gasteiger partial charge in [0.15, 0.2) is 0 Å². The molecule has 4 atom stereocenters. The Labute approximate surface area is 64.4 Å². The second-order valence-corrected chi connectivity index (χ2v) is 3.86. The van der Waals surface area contributed by atoms with E-state index < -0.39 is 0 Å². The van der Waals surface area contributed by atoms with Gasteiger partial charge in [0, 0.05) is 12.1 Å². The number of likely N-dealkylation sites (tertiary alicyclic amines) is 1. The van der Waals surface area contributed by atoms with Gasteiger partial charge in [-0.3, -0.25) is 0 Å². The first-order chi connectivity index (χ1) is 4.55. The van der Waals surface area contributed by atoms with Crippen LogP contribution in [0.2, 0.25) is 0 Å². The van der Waals surface area contributed by atoms with E-state index in [-0.39, 0.29) is 0 Å². The van der Waals surface area contributed by atoms with Crippen molar-refractivity contribution in [3.63, 3.8) is 0 Å². The lowest BCUT2D eigenvalue weighted by atomic mass is 9.92. The van der Waals surface area contributed by atoms with Crippen molar-refractivity contribution in [2.24, 2.45) is 11.8 Å². The van der Waals surface area contributed by atoms with Crippen LogP contribution in [0.4, 0.5) is 0 Å². The molecule has 0 bridgehead atoms. The summed E-state index contributed by atoms with van der Waals surface area (Å²) >= 11 is 0. The fourth-order valence-electron chi connectivity index (χ4n) is 1.99. The Morgan fingerprint density at radius 3 is 1.20 bits per heavy atom. The van der Waals surface area contributed by atoms with Gasteiger partial charge in [-0.2, -0.15) is 0 Å². The molecule has 1 aliphatic heterocycles. The molecule has 1 nitrogen and oxygen atoms in total. The van der Waals surface area contributed by atoms with Crippen molar-refractivity contribution in [3.8, 4) is 0 Å². The van der Waals surface area contributed by atoms with Crippen molar-refractivity contribution in [1.82, 2.24) is 4.90 Å². The molecular formula is C9H19N. The van der Waals surface area contributed by atoms with Crippen LogP contribution in [0.25, 0.3) is 0 Å². The molecule has 0 spiro atoms. The Kier molecular flexibility index (Phi) is 2.04. The van der Waals surface area contributed by atoms with Crippen LogP contribution in [-0.4, -0.2) is 24.0 Å². The summed E-state index contributed by atoms with van der Waals surface area (Å²) in [6.45, 7) is 9.36. The minimum absolute atomic E-state index is 0.769. The van der Waals surface area contributed by atoms with Gasteiger partial charge in [0.05, 0.1) is 0 Å². The van der Waals surface area contributed by atoms with Crippen LogP contribution in [0.1, 0.15) is 27.7 Å². The lowest BCUT2D eigenvalue weighted by Crippen LogP contribution is -2.29. The molecule has 1 saturated heterocycles. The van der Waals surface area contributed by atoms with Gasteiger partial charge in [-0.1, -0.05) is 13.8 Å². The summed E-state index contributed by atoms with van der Waals surface area (Å²) in [5.74, 6) is 1.72. The van der Waals surface area contributed by atoms with E-state index >= 15 is 0 Å². The second kappa shape index (κ2) is 2.54. The Balaban J connectivity index is 2.68. The maximum Gasteiger partial charge on any atom is 0.00955 e. The predicted molar refractivity (Wildman–Crippen MR) is 45.0 cm³/mol. The first-order valence-electron chi connectivity index (χ1n) is 4.27. The molecule has 0 radical (unpaired) electrons. The van der Waals surface area contributed by atoms with Gasteiger partial charge in [0.2, 0.25) is 0 Å². The zero-order valence-corrected chi connectivity index (χ0v) is 7.76. The molecule has 60 valence electrons. The maximum absolute atomic E-state index is 2.48. The fraction of sp³-hybridized carbons (Fsp3) is 1.00. The van der Waals surface area contributed by atoms with E-state index in [1.54, 1.807) is 0 Å². The molecule has 1 heterocycles. The summed E-state index contributed by atoms with van der Waals surface area (Å²) in [6, 6.07) is 1.54. The van der Waals surface area contributed by atoms with Crippen LogP contribution in [-0.2, 0) is 0 Å². The summed E-state index contributed by atoms with van der Waals surface area (Å²) in [5.41, 5.74) is 0. The minimum atomic E-state index is 0.769. The Morgan fingerprint density at radius 2 is 1.10 bits per heavy atom. The summed E-state index contributed by atoms with van der Waals surface area (Å²) in [4.78, 5) is 2.48. The van der Waals surface area contributed by atoms with Crippen molar-refractivity contribution in [1.29, 1.82) is 0 Å². The van der Waals surface area contributed by atoms with Crippen molar-refractivity contribution < 1.29 is 0 Å². The first kappa shape index (κ1) is 8.06. The molecule has 0 aromatic rings. The summed E-state index contributed by atoms with van der Waals surface area (Å²) in [7, 11) is 2.23. The summed E-state index contributed by atoms with van der Waals surface area (Å²) in [5, 5.41) is 0. The van der Waals surface area contributed by atoms with Crippen molar-refractivity contribution in [3.05, 3.63) is 0 Å². The van der Waals surface area contributed by atoms with Gasteiger partial charge >= 0.3 is 0 Å². The number of rotatable bonds is 0. The normalized spacial score (nSPS) is 50.1. The largest absolute Gasteiger partial charge is 0.300 e. The molecule has 1 heteroatoms. The average molecular weight is 141 g/mol. The van der Waals surface area contributed by atoms with E-state index in [4.69, 9.17) is 0 Å². The van der Waals surface area contributed by atoms with Crippen LogP contribution in [0, 0.1) is 11.8 Å². The molecule has 0 aliphatic carbocycles. The molecule has 1 aliphatic rings. The lowest BCUT2D eigenvalue weighted by molar-refractivity contribution is 0.248. The Bertz CT molecular complexity index is 77.1. The number of hydrogen-bond acceptors (Lipinski definition) is 1. The SMILES string of the molecule is CC1[C@@H](C)N(C)[C@@H](C)[C@H]1C. The fourth-order valence-corrected chi connectivity index (χ4v) is 1.99. The quantitative estimate of drug-likeness (QED) is 0.498. The van der Waals surface area contributed by atoms with E-state index in [9.17, 15) is 0 Å². The third kappa shape index (κ3) is 0.968. The third-order valence-electron chi connectivity index (χ3n) is 3.64. The second-order valence-electron chi connectivity index (χ2n) is 3.86. The van der Waals surface area contributed by atoms with Gasteiger partial charge in [0.1, 0.15) is 0 Å². The van der Waals surface area contributed by atoms with E-state index in [2.05, 4.69) is 39.6 Å². The highest BCUT2D eigenvalue weighted by Crippen LogP contribution is 2.32. The van der Waals surface area contributed by atoms with Crippen LogP contribution in [0.15, 0.2) is 0 Å². The van der Waals surface area contributed by atoms with Gasteiger partial charge in [0.25, 0.3) is 0 Å². The highest BCUT2D eigenvalue weighted by atomic mass is 15.2. The topological polar surface area (TPSA) is 3.24 Å². The molecule has 0 saturated carbocycles. The molecule has 1 unspecified atom stereocenters. The zero-order chi connectivity index (χ0) is 7.89. The van der Waals surface area contributed by atoms with E-state index in [0.29, 0.717) is 0 Å².